The fourth-order valence-electron chi connectivity index (χ4n) is 3.42. The Balaban J connectivity index is 1.65. The summed E-state index contributed by atoms with van der Waals surface area (Å²) in [5.41, 5.74) is 2.14. The Bertz CT molecular complexity index is 798. The molecule has 2 amide bonds. The number of carbonyl (C=O) groups excluding carboxylic acids is 2. The number of hydrogen-bond donors (Lipinski definition) is 1. The van der Waals surface area contributed by atoms with E-state index in [2.05, 4.69) is 5.32 Å². The van der Waals surface area contributed by atoms with E-state index in [1.165, 1.54) is 6.42 Å². The van der Waals surface area contributed by atoms with Gasteiger partial charge in [0.1, 0.15) is 5.75 Å². The van der Waals surface area contributed by atoms with Gasteiger partial charge in [-0.15, -0.1) is 0 Å². The zero-order valence-electron chi connectivity index (χ0n) is 15.7. The van der Waals surface area contributed by atoms with Crippen molar-refractivity contribution in [2.24, 2.45) is 0 Å². The molecular formula is C22H26N2O3. The number of nitrogens with zero attached hydrogens (tertiary/aromatic N) is 1. The summed E-state index contributed by atoms with van der Waals surface area (Å²) in [7, 11) is 1.63. The lowest BCUT2D eigenvalue weighted by Gasteiger charge is -2.27. The Morgan fingerprint density at radius 1 is 1.00 bits per heavy atom. The highest BCUT2D eigenvalue weighted by Crippen LogP contribution is 2.22. The average molecular weight is 366 g/mol. The zero-order valence-corrected chi connectivity index (χ0v) is 15.7. The van der Waals surface area contributed by atoms with E-state index in [1.807, 2.05) is 41.3 Å². The molecule has 1 heterocycles. The fourth-order valence-corrected chi connectivity index (χ4v) is 3.42. The molecule has 142 valence electrons. The fraction of sp³-hybridized carbons (Fsp3) is 0.364. The lowest BCUT2D eigenvalue weighted by Crippen LogP contribution is -2.36. The Hall–Kier alpha value is -2.82. The lowest BCUT2D eigenvalue weighted by atomic mass is 10.1. The minimum Gasteiger partial charge on any atom is -0.496 e. The van der Waals surface area contributed by atoms with Crippen molar-refractivity contribution >= 4 is 17.5 Å². The number of amides is 2. The van der Waals surface area contributed by atoms with Gasteiger partial charge in [-0.05, 0) is 49.4 Å². The minimum atomic E-state index is -0.111. The molecule has 0 unspecified atom stereocenters. The highest BCUT2D eigenvalue weighted by Gasteiger charge is 2.21. The van der Waals surface area contributed by atoms with Crippen molar-refractivity contribution in [3.8, 4) is 5.75 Å². The largest absolute Gasteiger partial charge is 0.496 e. The van der Waals surface area contributed by atoms with Crippen molar-refractivity contribution in [2.45, 2.75) is 32.1 Å². The third-order valence-electron chi connectivity index (χ3n) is 4.89. The van der Waals surface area contributed by atoms with Gasteiger partial charge in [0.2, 0.25) is 5.91 Å². The summed E-state index contributed by atoms with van der Waals surface area (Å²) in [6.07, 6.45) is 4.16. The normalized spacial score (nSPS) is 13.9. The van der Waals surface area contributed by atoms with Crippen LogP contribution in [0.2, 0.25) is 0 Å². The quantitative estimate of drug-likeness (QED) is 0.844. The van der Waals surface area contributed by atoms with Gasteiger partial charge in [-0.25, -0.2) is 0 Å². The molecule has 0 radical (unpaired) electrons. The van der Waals surface area contributed by atoms with Crippen LogP contribution in [0, 0.1) is 0 Å². The van der Waals surface area contributed by atoms with Crippen LogP contribution >= 0.6 is 0 Å². The topological polar surface area (TPSA) is 58.6 Å². The summed E-state index contributed by atoms with van der Waals surface area (Å²) in [6.45, 7) is 1.57. The van der Waals surface area contributed by atoms with Crippen LogP contribution in [0.25, 0.3) is 0 Å². The summed E-state index contributed by atoms with van der Waals surface area (Å²) in [6, 6.07) is 14.9. The van der Waals surface area contributed by atoms with Crippen molar-refractivity contribution < 1.29 is 14.3 Å². The van der Waals surface area contributed by atoms with E-state index in [9.17, 15) is 9.59 Å². The Morgan fingerprint density at radius 3 is 2.48 bits per heavy atom. The predicted octanol–water partition coefficient (Wildman–Crippen LogP) is 3.89. The van der Waals surface area contributed by atoms with Crippen LogP contribution in [-0.2, 0) is 11.2 Å². The second kappa shape index (κ2) is 9.21. The average Bonchev–Trinajstić information content (AvgIpc) is 2.73. The van der Waals surface area contributed by atoms with E-state index in [1.54, 1.807) is 19.2 Å². The SMILES string of the molecule is COc1ccccc1CCC(=O)Nc1ccccc1C(=O)N1CCCCC1. The second-order valence-corrected chi connectivity index (χ2v) is 6.76. The number of anilines is 1. The van der Waals surface area contributed by atoms with Crippen LogP contribution in [0.5, 0.6) is 5.75 Å². The first-order valence-corrected chi connectivity index (χ1v) is 9.49. The molecular weight excluding hydrogens is 340 g/mol. The summed E-state index contributed by atoms with van der Waals surface area (Å²) in [5, 5.41) is 2.91. The number of hydrogen-bond acceptors (Lipinski definition) is 3. The number of piperidine rings is 1. The van der Waals surface area contributed by atoms with Gasteiger partial charge in [0.05, 0.1) is 18.4 Å². The monoisotopic (exact) mass is 366 g/mol. The molecule has 0 aromatic heterocycles. The van der Waals surface area contributed by atoms with Gasteiger partial charge in [-0.1, -0.05) is 30.3 Å². The van der Waals surface area contributed by atoms with E-state index >= 15 is 0 Å². The van der Waals surface area contributed by atoms with Crippen molar-refractivity contribution in [1.29, 1.82) is 0 Å². The molecule has 0 spiro atoms. The molecule has 1 saturated heterocycles. The van der Waals surface area contributed by atoms with Crippen molar-refractivity contribution in [3.63, 3.8) is 0 Å². The number of likely N-dealkylation sites (tertiary alicyclic amines) is 1. The number of rotatable bonds is 6. The summed E-state index contributed by atoms with van der Waals surface area (Å²) in [4.78, 5) is 27.2. The molecule has 0 saturated carbocycles. The van der Waals surface area contributed by atoms with Gasteiger partial charge in [0.25, 0.3) is 5.91 Å². The molecule has 1 aliphatic rings. The van der Waals surface area contributed by atoms with Gasteiger partial charge >= 0.3 is 0 Å². The van der Waals surface area contributed by atoms with E-state index in [0.29, 0.717) is 24.1 Å². The standard InChI is InChI=1S/C22H26N2O3/c1-27-20-12-6-3-9-17(20)13-14-21(25)23-19-11-5-4-10-18(19)22(26)24-15-7-2-8-16-24/h3-6,9-12H,2,7-8,13-16H2,1H3,(H,23,25). The van der Waals surface area contributed by atoms with E-state index in [0.717, 1.165) is 37.2 Å². The number of ether oxygens (including phenoxy) is 1. The lowest BCUT2D eigenvalue weighted by molar-refractivity contribution is -0.116. The van der Waals surface area contributed by atoms with Crippen LogP contribution in [0.4, 0.5) is 5.69 Å². The zero-order chi connectivity index (χ0) is 19.1. The van der Waals surface area contributed by atoms with Crippen LogP contribution in [0.3, 0.4) is 0 Å². The molecule has 0 atom stereocenters. The van der Waals surface area contributed by atoms with Crippen LogP contribution in [-0.4, -0.2) is 36.9 Å². The van der Waals surface area contributed by atoms with Gasteiger partial charge in [-0.3, -0.25) is 9.59 Å². The molecule has 27 heavy (non-hydrogen) atoms. The molecule has 5 heteroatoms. The Morgan fingerprint density at radius 2 is 1.70 bits per heavy atom. The minimum absolute atomic E-state index is 0.00433. The number of para-hydroxylation sites is 2. The molecule has 0 aliphatic carbocycles. The van der Waals surface area contributed by atoms with Gasteiger partial charge in [-0.2, -0.15) is 0 Å². The maximum atomic E-state index is 12.8. The van der Waals surface area contributed by atoms with Crippen LogP contribution in [0.15, 0.2) is 48.5 Å². The molecule has 5 nitrogen and oxygen atoms in total. The number of carbonyl (C=O) groups is 2. The van der Waals surface area contributed by atoms with E-state index in [-0.39, 0.29) is 11.8 Å². The summed E-state index contributed by atoms with van der Waals surface area (Å²) in [5.74, 6) is 0.668. The molecule has 3 rings (SSSR count). The molecule has 1 N–H and O–H groups in total. The molecule has 1 aliphatic heterocycles. The van der Waals surface area contributed by atoms with Crippen LogP contribution in [0.1, 0.15) is 41.6 Å². The third kappa shape index (κ3) is 4.88. The Labute approximate surface area is 160 Å². The maximum absolute atomic E-state index is 12.8. The van der Waals surface area contributed by atoms with E-state index in [4.69, 9.17) is 4.74 Å². The first-order chi connectivity index (χ1) is 13.2. The van der Waals surface area contributed by atoms with Crippen molar-refractivity contribution in [3.05, 3.63) is 59.7 Å². The number of benzene rings is 2. The third-order valence-corrected chi connectivity index (χ3v) is 4.89. The number of nitrogens with one attached hydrogen (secondary N) is 1. The van der Waals surface area contributed by atoms with Gasteiger partial charge < -0.3 is 15.0 Å². The summed E-state index contributed by atoms with van der Waals surface area (Å²) >= 11 is 0. The molecule has 0 bridgehead atoms. The summed E-state index contributed by atoms with van der Waals surface area (Å²) < 4.78 is 5.33. The van der Waals surface area contributed by atoms with Gasteiger partial charge in [0.15, 0.2) is 0 Å². The first-order valence-electron chi connectivity index (χ1n) is 9.49. The molecule has 2 aromatic carbocycles. The van der Waals surface area contributed by atoms with Gasteiger partial charge in [0, 0.05) is 19.5 Å². The van der Waals surface area contributed by atoms with Crippen molar-refractivity contribution in [2.75, 3.05) is 25.5 Å². The van der Waals surface area contributed by atoms with E-state index < -0.39 is 0 Å². The predicted molar refractivity (Wildman–Crippen MR) is 106 cm³/mol. The first kappa shape index (κ1) is 19.0. The maximum Gasteiger partial charge on any atom is 0.255 e. The number of methoxy groups -OCH3 is 1. The van der Waals surface area contributed by atoms with Crippen molar-refractivity contribution in [1.82, 2.24) is 4.90 Å². The molecule has 1 fully saturated rings. The Kier molecular flexibility index (Phi) is 6.47. The smallest absolute Gasteiger partial charge is 0.255 e. The second-order valence-electron chi connectivity index (χ2n) is 6.76. The highest BCUT2D eigenvalue weighted by atomic mass is 16.5. The molecule has 2 aromatic rings. The number of aryl methyl sites for hydroxylation is 1. The van der Waals surface area contributed by atoms with Crippen LogP contribution < -0.4 is 10.1 Å². The highest BCUT2D eigenvalue weighted by molar-refractivity contribution is 6.03.